The molecule has 0 amide bonds. The lowest BCUT2D eigenvalue weighted by atomic mass is 10.0. The molecule has 0 aromatic heterocycles. The number of aliphatic carboxylic acids is 1. The minimum absolute atomic E-state index is 0.0642. The molecular formula is C18H24NO5S2-. The molecule has 0 saturated carbocycles. The summed E-state index contributed by atoms with van der Waals surface area (Å²) >= 11 is 0. The van der Waals surface area contributed by atoms with E-state index in [1.54, 1.807) is 12.1 Å². The van der Waals surface area contributed by atoms with Crippen LogP contribution < -0.4 is 0 Å². The monoisotopic (exact) mass is 398 g/mol. The zero-order chi connectivity index (χ0) is 18.9. The maximum atomic E-state index is 12.2. The van der Waals surface area contributed by atoms with Crippen LogP contribution in [0.3, 0.4) is 0 Å². The second-order valence-corrected chi connectivity index (χ2v) is 9.17. The highest BCUT2D eigenvalue weighted by Gasteiger charge is 2.20. The summed E-state index contributed by atoms with van der Waals surface area (Å²) in [7, 11) is 3.87. The first-order valence-corrected chi connectivity index (χ1v) is 11.1. The van der Waals surface area contributed by atoms with E-state index in [1.807, 2.05) is 21.6 Å². The summed E-state index contributed by atoms with van der Waals surface area (Å²) in [6.07, 6.45) is 5.17. The number of hydrogen-bond donors (Lipinski definition) is 2. The summed E-state index contributed by atoms with van der Waals surface area (Å²) in [6.45, 7) is 0.205. The van der Waals surface area contributed by atoms with E-state index in [1.165, 1.54) is 24.3 Å². The lowest BCUT2D eigenvalue weighted by molar-refractivity contribution is -0.142. The molecule has 0 aliphatic carbocycles. The van der Waals surface area contributed by atoms with Gasteiger partial charge >= 0.3 is 11.9 Å². The minimum atomic E-state index is -1.15. The van der Waals surface area contributed by atoms with Crippen molar-refractivity contribution < 1.29 is 19.8 Å². The fourth-order valence-electron chi connectivity index (χ4n) is 2.86. The van der Waals surface area contributed by atoms with E-state index in [2.05, 4.69) is 0 Å². The molecule has 2 atom stereocenters. The molecule has 0 radical (unpaired) electrons. The Hall–Kier alpha value is -1.22. The molecule has 1 aromatic rings. The summed E-state index contributed by atoms with van der Waals surface area (Å²) in [6, 6.07) is 4.82. The van der Waals surface area contributed by atoms with Gasteiger partial charge in [0.2, 0.25) is 0 Å². The van der Waals surface area contributed by atoms with Crippen molar-refractivity contribution >= 4 is 33.5 Å². The van der Waals surface area contributed by atoms with Crippen molar-refractivity contribution in [3.63, 3.8) is 0 Å². The fraction of sp³-hybridized carbons (Fsp3) is 0.556. The topological polar surface area (TPSA) is 101 Å². The second kappa shape index (κ2) is 10.8. The third-order valence-corrected chi connectivity index (χ3v) is 7.40. The number of benzene rings is 1. The van der Waals surface area contributed by atoms with Crippen LogP contribution in [0.15, 0.2) is 24.3 Å². The highest BCUT2D eigenvalue weighted by atomic mass is 33.1. The number of hydrogen-bond acceptors (Lipinski definition) is 6. The Morgan fingerprint density at radius 2 is 1.92 bits per heavy atom. The quantitative estimate of drug-likeness (QED) is 0.329. The molecule has 1 aliphatic rings. The molecule has 0 spiro atoms. The van der Waals surface area contributed by atoms with Crippen LogP contribution in [0.2, 0.25) is 0 Å². The average molecular weight is 399 g/mol. The summed E-state index contributed by atoms with van der Waals surface area (Å²) in [5.41, 5.74) is 0.775. The normalized spacial score (nSPS) is 18.2. The number of hydroxylamine groups is 2. The van der Waals surface area contributed by atoms with Crippen LogP contribution >= 0.6 is 21.6 Å². The summed E-state index contributed by atoms with van der Waals surface area (Å²) in [4.78, 5) is 22.3. The van der Waals surface area contributed by atoms with E-state index in [0.29, 0.717) is 17.0 Å². The maximum Gasteiger partial charge on any atom is 0.335 e. The molecular weight excluding hydrogens is 374 g/mol. The van der Waals surface area contributed by atoms with Crippen molar-refractivity contribution in [2.24, 2.45) is 0 Å². The molecule has 2 N–H and O–H groups in total. The van der Waals surface area contributed by atoms with E-state index >= 15 is 0 Å². The Balaban J connectivity index is 1.76. The van der Waals surface area contributed by atoms with Crippen LogP contribution in [0.5, 0.6) is 0 Å². The average Bonchev–Trinajstić information content (AvgIpc) is 3.12. The van der Waals surface area contributed by atoms with Crippen LogP contribution in [0.25, 0.3) is 0 Å². The van der Waals surface area contributed by atoms with Crippen LogP contribution in [0.4, 0.5) is 0 Å². The zero-order valence-corrected chi connectivity index (χ0v) is 16.1. The van der Waals surface area contributed by atoms with Crippen molar-refractivity contribution in [1.29, 1.82) is 0 Å². The lowest BCUT2D eigenvalue weighted by Gasteiger charge is -2.34. The Labute approximate surface area is 161 Å². The van der Waals surface area contributed by atoms with Crippen molar-refractivity contribution in [2.75, 3.05) is 12.3 Å². The number of unbranched alkanes of at least 4 members (excludes halogenated alkanes) is 2. The van der Waals surface area contributed by atoms with Crippen molar-refractivity contribution in [3.8, 4) is 0 Å². The Morgan fingerprint density at radius 1 is 1.19 bits per heavy atom. The van der Waals surface area contributed by atoms with Crippen molar-refractivity contribution in [1.82, 2.24) is 5.06 Å². The highest BCUT2D eigenvalue weighted by molar-refractivity contribution is 8.77. The van der Waals surface area contributed by atoms with Gasteiger partial charge in [-0.3, -0.25) is 4.79 Å². The van der Waals surface area contributed by atoms with E-state index < -0.39 is 18.0 Å². The molecule has 26 heavy (non-hydrogen) atoms. The van der Waals surface area contributed by atoms with Crippen LogP contribution in [-0.4, -0.2) is 50.8 Å². The van der Waals surface area contributed by atoms with Gasteiger partial charge in [0.05, 0.1) is 5.56 Å². The Morgan fingerprint density at radius 3 is 2.50 bits per heavy atom. The summed E-state index contributed by atoms with van der Waals surface area (Å²) in [5, 5.41) is 31.8. The smallest absolute Gasteiger partial charge is 0.335 e. The van der Waals surface area contributed by atoms with Gasteiger partial charge in [-0.15, -0.1) is 0 Å². The zero-order valence-electron chi connectivity index (χ0n) is 14.5. The molecule has 1 aliphatic heterocycles. The molecule has 0 bridgehead atoms. The van der Waals surface area contributed by atoms with E-state index in [-0.39, 0.29) is 18.5 Å². The molecule has 1 saturated heterocycles. The van der Waals surface area contributed by atoms with Gasteiger partial charge in [-0.05, 0) is 49.9 Å². The third kappa shape index (κ3) is 6.83. The summed E-state index contributed by atoms with van der Waals surface area (Å²) < 4.78 is 0. The largest absolute Gasteiger partial charge is 0.785 e. The number of rotatable bonds is 11. The van der Waals surface area contributed by atoms with Crippen LogP contribution in [-0.2, 0) is 11.2 Å². The molecule has 2 rings (SSSR count). The number of carboxylic acid groups (broad SMARTS) is 2. The minimum Gasteiger partial charge on any atom is -0.785 e. The number of nitrogens with zero attached hydrogens (tertiary/aromatic N) is 1. The van der Waals surface area contributed by atoms with E-state index in [9.17, 15) is 19.9 Å². The number of carbonyl (C=O) groups is 2. The van der Waals surface area contributed by atoms with Crippen molar-refractivity contribution in [3.05, 3.63) is 40.6 Å². The van der Waals surface area contributed by atoms with Gasteiger partial charge < -0.3 is 20.5 Å². The Kier molecular flexibility index (Phi) is 8.77. The van der Waals surface area contributed by atoms with Gasteiger partial charge in [-0.25, -0.2) is 4.79 Å². The Bertz CT molecular complexity index is 590. The molecule has 144 valence electrons. The van der Waals surface area contributed by atoms with Gasteiger partial charge in [-0.2, -0.15) is 0 Å². The standard InChI is InChI=1S/C18H24NO5S2/c20-17(21)14-7-5-13(6-8-14)12-16(18(22)23)19(24)10-3-1-2-4-15-9-11-25-26-15/h5-8,15-16H,1-4,9-12H2,(H,20,21)(H,22,23)/q-1. The van der Waals surface area contributed by atoms with Gasteiger partial charge in [-0.1, -0.05) is 46.6 Å². The molecule has 1 heterocycles. The first kappa shape index (κ1) is 21.1. The van der Waals surface area contributed by atoms with Gasteiger partial charge in [0.1, 0.15) is 6.04 Å². The second-order valence-electron chi connectivity index (χ2n) is 6.38. The third-order valence-electron chi connectivity index (χ3n) is 4.39. The SMILES string of the molecule is O=C(O)c1ccc(CC(C(=O)O)N([O-])CCCCCC2CCSS2)cc1. The first-order valence-electron chi connectivity index (χ1n) is 8.74. The van der Waals surface area contributed by atoms with Gasteiger partial charge in [0, 0.05) is 11.0 Å². The van der Waals surface area contributed by atoms with Crippen LogP contribution in [0.1, 0.15) is 48.0 Å². The van der Waals surface area contributed by atoms with E-state index in [4.69, 9.17) is 5.11 Å². The molecule has 2 unspecified atom stereocenters. The number of aromatic carboxylic acids is 1. The molecule has 1 aromatic carbocycles. The number of carboxylic acids is 2. The molecule has 8 heteroatoms. The first-order chi connectivity index (χ1) is 12.5. The van der Waals surface area contributed by atoms with Crippen LogP contribution in [0, 0.1) is 5.21 Å². The predicted octanol–water partition coefficient (Wildman–Crippen LogP) is 3.89. The highest BCUT2D eigenvalue weighted by Crippen LogP contribution is 2.39. The maximum absolute atomic E-state index is 12.2. The molecule has 1 fully saturated rings. The fourth-order valence-corrected chi connectivity index (χ4v) is 5.88. The molecule has 6 nitrogen and oxygen atoms in total. The van der Waals surface area contributed by atoms with Gasteiger partial charge in [0.15, 0.2) is 0 Å². The predicted molar refractivity (Wildman–Crippen MR) is 106 cm³/mol. The lowest BCUT2D eigenvalue weighted by Crippen LogP contribution is -2.39. The summed E-state index contributed by atoms with van der Waals surface area (Å²) in [5.74, 6) is -0.967. The van der Waals surface area contributed by atoms with E-state index in [0.717, 1.165) is 24.5 Å². The van der Waals surface area contributed by atoms with Gasteiger partial charge in [0.25, 0.3) is 0 Å². The van der Waals surface area contributed by atoms with Crippen molar-refractivity contribution in [2.45, 2.75) is 49.8 Å².